The maximum atomic E-state index is 6.40. The first-order valence-electron chi connectivity index (χ1n) is 8.28. The Bertz CT molecular complexity index is 912. The van der Waals surface area contributed by atoms with Crippen LogP contribution in [0.5, 0.6) is 0 Å². The average molecular weight is 387 g/mol. The molecule has 7 heteroatoms. The first-order chi connectivity index (χ1) is 12.7. The van der Waals surface area contributed by atoms with E-state index in [9.17, 15) is 0 Å². The van der Waals surface area contributed by atoms with E-state index in [1.807, 2.05) is 36.5 Å². The summed E-state index contributed by atoms with van der Waals surface area (Å²) < 4.78 is 5.42. The SMILES string of the molecule is Clc1ccc(-c2cnc(N3CCOCC3)nc2-c2ccncc2Cl)cc1. The summed E-state index contributed by atoms with van der Waals surface area (Å²) in [6.07, 6.45) is 5.18. The molecule has 4 rings (SSSR count). The van der Waals surface area contributed by atoms with E-state index in [0.29, 0.717) is 29.2 Å². The van der Waals surface area contributed by atoms with Crippen molar-refractivity contribution in [3.63, 3.8) is 0 Å². The number of anilines is 1. The first kappa shape index (κ1) is 17.2. The average Bonchev–Trinajstić information content (AvgIpc) is 2.69. The van der Waals surface area contributed by atoms with Crippen molar-refractivity contribution in [1.29, 1.82) is 0 Å². The molecule has 1 aromatic carbocycles. The third-order valence-corrected chi connectivity index (χ3v) is 4.81. The van der Waals surface area contributed by atoms with Crippen molar-refractivity contribution in [2.75, 3.05) is 31.2 Å². The van der Waals surface area contributed by atoms with Crippen LogP contribution in [0, 0.1) is 0 Å². The van der Waals surface area contributed by atoms with E-state index >= 15 is 0 Å². The van der Waals surface area contributed by atoms with Gasteiger partial charge in [-0.2, -0.15) is 0 Å². The van der Waals surface area contributed by atoms with E-state index in [4.69, 9.17) is 32.9 Å². The number of hydrogen-bond donors (Lipinski definition) is 0. The topological polar surface area (TPSA) is 51.1 Å². The fraction of sp³-hybridized carbons (Fsp3) is 0.211. The summed E-state index contributed by atoms with van der Waals surface area (Å²) in [6, 6.07) is 9.48. The van der Waals surface area contributed by atoms with Gasteiger partial charge in [-0.3, -0.25) is 4.98 Å². The van der Waals surface area contributed by atoms with Crippen LogP contribution in [0.1, 0.15) is 0 Å². The summed E-state index contributed by atoms with van der Waals surface area (Å²) in [5, 5.41) is 1.23. The molecule has 0 saturated carbocycles. The van der Waals surface area contributed by atoms with E-state index in [1.165, 1.54) is 0 Å². The van der Waals surface area contributed by atoms with Crippen molar-refractivity contribution < 1.29 is 4.74 Å². The van der Waals surface area contributed by atoms with Crippen LogP contribution in [0.25, 0.3) is 22.4 Å². The molecule has 3 heterocycles. The van der Waals surface area contributed by atoms with E-state index < -0.39 is 0 Å². The Balaban J connectivity index is 1.85. The number of morpholine rings is 1. The molecule has 0 N–H and O–H groups in total. The van der Waals surface area contributed by atoms with Crippen LogP contribution in [0.2, 0.25) is 10.0 Å². The van der Waals surface area contributed by atoms with Crippen LogP contribution in [-0.4, -0.2) is 41.3 Å². The Morgan fingerprint density at radius 2 is 1.69 bits per heavy atom. The molecule has 26 heavy (non-hydrogen) atoms. The van der Waals surface area contributed by atoms with Gasteiger partial charge in [0.1, 0.15) is 0 Å². The largest absolute Gasteiger partial charge is 0.378 e. The van der Waals surface area contributed by atoms with Crippen LogP contribution >= 0.6 is 23.2 Å². The second kappa shape index (κ2) is 7.58. The van der Waals surface area contributed by atoms with Gasteiger partial charge in [0, 0.05) is 47.8 Å². The lowest BCUT2D eigenvalue weighted by Gasteiger charge is -2.27. The standard InChI is InChI=1S/C19H16Cl2N4O/c20-14-3-1-13(2-4-14)16-11-23-19(25-7-9-26-10-8-25)24-18(16)15-5-6-22-12-17(15)21/h1-6,11-12H,7-10H2. The maximum Gasteiger partial charge on any atom is 0.226 e. The highest BCUT2D eigenvalue weighted by Gasteiger charge is 2.19. The molecule has 0 bridgehead atoms. The van der Waals surface area contributed by atoms with Gasteiger partial charge in [0.05, 0.1) is 23.9 Å². The summed E-state index contributed by atoms with van der Waals surface area (Å²) in [5.74, 6) is 0.675. The lowest BCUT2D eigenvalue weighted by molar-refractivity contribution is 0.122. The van der Waals surface area contributed by atoms with Crippen LogP contribution in [0.3, 0.4) is 0 Å². The number of benzene rings is 1. The van der Waals surface area contributed by atoms with Gasteiger partial charge in [-0.15, -0.1) is 0 Å². The van der Waals surface area contributed by atoms with E-state index in [-0.39, 0.29) is 0 Å². The Hall–Kier alpha value is -2.21. The monoisotopic (exact) mass is 386 g/mol. The van der Waals surface area contributed by atoms with Gasteiger partial charge in [0.25, 0.3) is 0 Å². The summed E-state index contributed by atoms with van der Waals surface area (Å²) >= 11 is 12.4. The molecule has 0 aliphatic carbocycles. The minimum absolute atomic E-state index is 0.550. The zero-order valence-corrected chi connectivity index (χ0v) is 15.4. The minimum Gasteiger partial charge on any atom is -0.378 e. The number of hydrogen-bond acceptors (Lipinski definition) is 5. The molecule has 132 valence electrons. The number of rotatable bonds is 3. The molecule has 2 aromatic heterocycles. The number of aromatic nitrogens is 3. The van der Waals surface area contributed by atoms with Crippen molar-refractivity contribution in [3.05, 3.63) is 59.0 Å². The van der Waals surface area contributed by atoms with Crippen LogP contribution in [0.4, 0.5) is 5.95 Å². The molecule has 1 aliphatic rings. The normalized spacial score (nSPS) is 14.5. The Kier molecular flexibility index (Phi) is 5.02. The highest BCUT2D eigenvalue weighted by atomic mass is 35.5. The van der Waals surface area contributed by atoms with Crippen molar-refractivity contribution in [2.45, 2.75) is 0 Å². The Labute approximate surface area is 161 Å². The highest BCUT2D eigenvalue weighted by molar-refractivity contribution is 6.33. The fourth-order valence-electron chi connectivity index (χ4n) is 2.90. The van der Waals surface area contributed by atoms with Gasteiger partial charge < -0.3 is 9.64 Å². The van der Waals surface area contributed by atoms with Crippen LogP contribution in [0.15, 0.2) is 48.9 Å². The molecule has 0 amide bonds. The molecule has 5 nitrogen and oxygen atoms in total. The van der Waals surface area contributed by atoms with E-state index in [1.54, 1.807) is 12.4 Å². The Morgan fingerprint density at radius 3 is 2.42 bits per heavy atom. The zero-order chi connectivity index (χ0) is 17.9. The van der Waals surface area contributed by atoms with Crippen LogP contribution in [-0.2, 0) is 4.74 Å². The molecule has 1 saturated heterocycles. The Morgan fingerprint density at radius 1 is 0.923 bits per heavy atom. The van der Waals surface area contributed by atoms with E-state index in [2.05, 4.69) is 14.9 Å². The van der Waals surface area contributed by atoms with Gasteiger partial charge in [-0.25, -0.2) is 9.97 Å². The third-order valence-electron chi connectivity index (χ3n) is 4.25. The van der Waals surface area contributed by atoms with Gasteiger partial charge in [-0.05, 0) is 23.8 Å². The van der Waals surface area contributed by atoms with E-state index in [0.717, 1.165) is 35.5 Å². The van der Waals surface area contributed by atoms with Crippen LogP contribution < -0.4 is 4.90 Å². The molecule has 0 atom stereocenters. The zero-order valence-electron chi connectivity index (χ0n) is 13.9. The molecule has 3 aromatic rings. The highest BCUT2D eigenvalue weighted by Crippen LogP contribution is 2.35. The molecule has 1 aliphatic heterocycles. The smallest absolute Gasteiger partial charge is 0.226 e. The third kappa shape index (κ3) is 3.51. The van der Waals surface area contributed by atoms with Gasteiger partial charge in [0.2, 0.25) is 5.95 Å². The summed E-state index contributed by atoms with van der Waals surface area (Å²) in [6.45, 7) is 2.88. The number of pyridine rings is 1. The second-order valence-electron chi connectivity index (χ2n) is 5.89. The van der Waals surface area contributed by atoms with Crippen molar-refractivity contribution in [2.24, 2.45) is 0 Å². The number of halogens is 2. The number of nitrogens with zero attached hydrogens (tertiary/aromatic N) is 4. The molecule has 0 radical (unpaired) electrons. The van der Waals surface area contributed by atoms with Gasteiger partial charge >= 0.3 is 0 Å². The maximum absolute atomic E-state index is 6.40. The summed E-state index contributed by atoms with van der Waals surface area (Å²) in [4.78, 5) is 15.6. The summed E-state index contributed by atoms with van der Waals surface area (Å²) in [7, 11) is 0. The minimum atomic E-state index is 0.550. The van der Waals surface area contributed by atoms with Gasteiger partial charge in [0.15, 0.2) is 0 Å². The fourth-order valence-corrected chi connectivity index (χ4v) is 3.24. The second-order valence-corrected chi connectivity index (χ2v) is 6.74. The summed E-state index contributed by atoms with van der Waals surface area (Å²) in [5.41, 5.74) is 3.47. The van der Waals surface area contributed by atoms with Crippen molar-refractivity contribution >= 4 is 29.2 Å². The van der Waals surface area contributed by atoms with Crippen molar-refractivity contribution in [3.8, 4) is 22.4 Å². The molecular weight excluding hydrogens is 371 g/mol. The first-order valence-corrected chi connectivity index (χ1v) is 9.03. The lowest BCUT2D eigenvalue weighted by Crippen LogP contribution is -2.37. The van der Waals surface area contributed by atoms with Gasteiger partial charge in [-0.1, -0.05) is 35.3 Å². The predicted octanol–water partition coefficient (Wildman–Crippen LogP) is 4.35. The number of ether oxygens (including phenoxy) is 1. The predicted molar refractivity (Wildman–Crippen MR) is 104 cm³/mol. The molecule has 1 fully saturated rings. The molecular formula is C19H16Cl2N4O. The quantitative estimate of drug-likeness (QED) is 0.669. The molecule has 0 spiro atoms. The molecule has 0 unspecified atom stereocenters. The van der Waals surface area contributed by atoms with Crippen molar-refractivity contribution in [1.82, 2.24) is 15.0 Å². The lowest BCUT2D eigenvalue weighted by atomic mass is 10.0.